The summed E-state index contributed by atoms with van der Waals surface area (Å²) in [5, 5.41) is 22.5. The van der Waals surface area contributed by atoms with E-state index in [2.05, 4.69) is 9.94 Å². The van der Waals surface area contributed by atoms with E-state index in [1.54, 1.807) is 5.48 Å². The molecule has 0 spiro atoms. The predicted molar refractivity (Wildman–Crippen MR) is 94.5 cm³/mol. The second-order valence-electron chi connectivity index (χ2n) is 6.26. The molecule has 15 heteroatoms. The summed E-state index contributed by atoms with van der Waals surface area (Å²) in [5.41, 5.74) is 0.242. The normalized spacial score (nSPS) is 25.9. The van der Waals surface area contributed by atoms with Crippen LogP contribution in [0.1, 0.15) is 19.1 Å². The van der Waals surface area contributed by atoms with Gasteiger partial charge in [0.15, 0.2) is 12.3 Å². The zero-order chi connectivity index (χ0) is 21.8. The Morgan fingerprint density at radius 3 is 2.66 bits per heavy atom. The molecule has 0 bridgehead atoms. The summed E-state index contributed by atoms with van der Waals surface area (Å²) in [6, 6.07) is 1.01. The third-order valence-corrected chi connectivity index (χ3v) is 4.26. The molecule has 0 aliphatic carbocycles. The van der Waals surface area contributed by atoms with Crippen LogP contribution in [0.15, 0.2) is 21.9 Å². The number of ether oxygens (including phenoxy) is 1. The number of carbonyl (C=O) groups is 2. The lowest BCUT2D eigenvalue weighted by molar-refractivity contribution is -0.138. The van der Waals surface area contributed by atoms with Crippen molar-refractivity contribution in [3.8, 4) is 0 Å². The molecule has 2 rings (SSSR count). The highest BCUT2D eigenvalue weighted by Crippen LogP contribution is 2.34. The average Bonchev–Trinajstić information content (AvgIpc) is 2.92. The smallest absolute Gasteiger partial charge is 0.346 e. The summed E-state index contributed by atoms with van der Waals surface area (Å²) in [4.78, 5) is 57.3. The lowest BCUT2D eigenvalue weighted by Crippen LogP contribution is -2.43. The molecule has 2 heterocycles. The lowest BCUT2D eigenvalue weighted by atomic mass is 10.1. The van der Waals surface area contributed by atoms with Crippen molar-refractivity contribution in [2.45, 2.75) is 37.4 Å². The van der Waals surface area contributed by atoms with Crippen molar-refractivity contribution >= 4 is 19.4 Å². The van der Waals surface area contributed by atoms with Gasteiger partial charge in [0.25, 0.3) is 11.5 Å². The number of carbonyl (C=O) groups excluding carboxylic acids is 2. The van der Waals surface area contributed by atoms with E-state index in [9.17, 15) is 34.0 Å². The fourth-order valence-corrected chi connectivity index (χ4v) is 2.75. The van der Waals surface area contributed by atoms with Crippen LogP contribution in [0.4, 0.5) is 0 Å². The van der Waals surface area contributed by atoms with Crippen LogP contribution >= 0.6 is 7.60 Å². The minimum atomic E-state index is -3.85. The fourth-order valence-electron chi connectivity index (χ4n) is 2.48. The van der Waals surface area contributed by atoms with E-state index >= 15 is 0 Å². The van der Waals surface area contributed by atoms with Crippen molar-refractivity contribution in [1.29, 1.82) is 0 Å². The van der Waals surface area contributed by atoms with E-state index in [1.165, 1.54) is 0 Å². The fraction of sp³-hybridized carbons (Fsp3) is 0.571. The highest BCUT2D eigenvalue weighted by molar-refractivity contribution is 7.51. The van der Waals surface area contributed by atoms with Crippen molar-refractivity contribution < 1.29 is 38.6 Å². The Balaban J connectivity index is 1.85. The number of hydroxylamine groups is 1. The lowest BCUT2D eigenvalue weighted by Gasteiger charge is -2.16. The molecule has 1 aromatic heterocycles. The quantitative estimate of drug-likeness (QED) is 0.137. The van der Waals surface area contributed by atoms with E-state index in [4.69, 9.17) is 9.63 Å². The molecule has 162 valence electrons. The monoisotopic (exact) mass is 436 g/mol. The minimum absolute atomic E-state index is 0.0128. The van der Waals surface area contributed by atoms with E-state index < -0.39 is 55.2 Å². The molecule has 1 aliphatic rings. The van der Waals surface area contributed by atoms with Crippen molar-refractivity contribution in [2.24, 2.45) is 0 Å². The number of amides is 2. The Bertz CT molecular complexity index is 908. The van der Waals surface area contributed by atoms with Crippen LogP contribution in [0.3, 0.4) is 0 Å². The van der Waals surface area contributed by atoms with Crippen molar-refractivity contribution in [2.75, 3.05) is 13.2 Å². The van der Waals surface area contributed by atoms with Gasteiger partial charge < -0.3 is 25.2 Å². The number of rotatable bonds is 8. The van der Waals surface area contributed by atoms with Crippen LogP contribution in [0.2, 0.25) is 0 Å². The highest BCUT2D eigenvalue weighted by atomic mass is 31.2. The first-order valence-electron chi connectivity index (χ1n) is 8.38. The topological polar surface area (TPSA) is 209 Å². The summed E-state index contributed by atoms with van der Waals surface area (Å²) in [7, 11) is -3.85. The van der Waals surface area contributed by atoms with E-state index in [0.29, 0.717) is 0 Å². The van der Waals surface area contributed by atoms with Gasteiger partial charge >= 0.3 is 13.3 Å². The molecule has 14 nitrogen and oxygen atoms in total. The molecule has 0 saturated carbocycles. The van der Waals surface area contributed by atoms with Crippen LogP contribution in [0.25, 0.3) is 0 Å². The zero-order valence-corrected chi connectivity index (χ0v) is 16.1. The molecule has 5 atom stereocenters. The molecular formula is C14H21N4O10P. The minimum Gasteiger partial charge on any atom is -0.387 e. The summed E-state index contributed by atoms with van der Waals surface area (Å²) in [6.07, 6.45) is -5.08. The molecule has 1 unspecified atom stereocenters. The van der Waals surface area contributed by atoms with Gasteiger partial charge in [0.05, 0.1) is 0 Å². The third kappa shape index (κ3) is 6.32. The summed E-state index contributed by atoms with van der Waals surface area (Å²) < 4.78 is 21.2. The maximum atomic E-state index is 12.2. The number of aliphatic hydroxyl groups excluding tert-OH is 2. The van der Waals surface area contributed by atoms with Crippen molar-refractivity contribution in [3.05, 3.63) is 33.1 Å². The Labute approximate surface area is 162 Å². The van der Waals surface area contributed by atoms with Crippen molar-refractivity contribution in [3.63, 3.8) is 0 Å². The number of aromatic amines is 1. The first-order chi connectivity index (χ1) is 13.5. The van der Waals surface area contributed by atoms with Gasteiger partial charge in [0.1, 0.15) is 12.2 Å². The van der Waals surface area contributed by atoms with Crippen LogP contribution < -0.4 is 22.0 Å². The van der Waals surface area contributed by atoms with Crippen LogP contribution in [-0.4, -0.2) is 68.0 Å². The molecule has 1 saturated heterocycles. The summed E-state index contributed by atoms with van der Waals surface area (Å²) >= 11 is 0. The molecule has 0 aromatic carbocycles. The van der Waals surface area contributed by atoms with Crippen molar-refractivity contribution in [1.82, 2.24) is 20.3 Å². The maximum Gasteiger partial charge on any atom is 0.346 e. The molecule has 1 aromatic rings. The van der Waals surface area contributed by atoms with Gasteiger partial charge in [-0.25, -0.2) is 10.3 Å². The average molecular weight is 436 g/mol. The molecule has 0 radical (unpaired) electrons. The third-order valence-electron chi connectivity index (χ3n) is 3.83. The molecule has 1 fully saturated rings. The predicted octanol–water partition coefficient (Wildman–Crippen LogP) is -3.08. The van der Waals surface area contributed by atoms with Crippen LogP contribution in [-0.2, 0) is 23.5 Å². The summed E-state index contributed by atoms with van der Waals surface area (Å²) in [6.45, 7) is 0.879. The number of hydrogen-bond acceptors (Lipinski definition) is 9. The second kappa shape index (κ2) is 9.43. The Kier molecular flexibility index (Phi) is 7.46. The number of hydrogen-bond donors (Lipinski definition) is 6. The van der Waals surface area contributed by atoms with Gasteiger partial charge in [0.2, 0.25) is 5.91 Å². The van der Waals surface area contributed by atoms with Gasteiger partial charge in [-0.05, 0) is 6.42 Å². The summed E-state index contributed by atoms with van der Waals surface area (Å²) in [5.74, 6) is -1.47. The van der Waals surface area contributed by atoms with E-state index in [1.807, 2.05) is 4.98 Å². The maximum absolute atomic E-state index is 12.2. The van der Waals surface area contributed by atoms with Gasteiger partial charge in [0, 0.05) is 31.9 Å². The number of aliphatic hydroxyl groups is 2. The first kappa shape index (κ1) is 22.9. The number of nitrogens with one attached hydrogen (secondary N) is 3. The standard InChI is InChI=1S/C14H21N4O10P/c1-29(25,26)28-17-8(20)3-2-5-15-12(23)11-9(21)10(22)13(27-11)18-6-4-7(19)16-14(18)24/h4,6,9-11,13,21-22H,2-3,5H2,1H3,(H,15,23)(H,17,20)(H,25,26)(H,16,19,24)/t9-,10+,11+,13-/m1/s1. The molecule has 2 amide bonds. The highest BCUT2D eigenvalue weighted by Gasteiger charge is 2.47. The van der Waals surface area contributed by atoms with Crippen LogP contribution in [0, 0.1) is 0 Å². The SMILES string of the molecule is CP(=O)(O)ONC(=O)CCCNC(=O)[C@H]1O[C@@H](n2ccc(=O)[nH]c2=O)[C@@H](O)[C@H]1O. The van der Waals surface area contributed by atoms with Gasteiger partial charge in [-0.3, -0.25) is 28.5 Å². The molecule has 29 heavy (non-hydrogen) atoms. The zero-order valence-electron chi connectivity index (χ0n) is 15.2. The van der Waals surface area contributed by atoms with Gasteiger partial charge in [-0.2, -0.15) is 4.62 Å². The number of aromatic nitrogens is 2. The number of nitrogens with zero attached hydrogens (tertiary/aromatic N) is 1. The number of H-pyrrole nitrogens is 1. The Morgan fingerprint density at radius 1 is 1.34 bits per heavy atom. The van der Waals surface area contributed by atoms with Gasteiger partial charge in [-0.1, -0.05) is 0 Å². The Morgan fingerprint density at radius 2 is 2.03 bits per heavy atom. The first-order valence-corrected chi connectivity index (χ1v) is 10.4. The van der Waals surface area contributed by atoms with Gasteiger partial charge in [-0.15, -0.1) is 0 Å². The van der Waals surface area contributed by atoms with E-state index in [-0.39, 0.29) is 19.4 Å². The largest absolute Gasteiger partial charge is 0.387 e. The molecule has 6 N–H and O–H groups in total. The Hall–Kier alpha value is -2.35. The molecule has 1 aliphatic heterocycles. The second-order valence-corrected chi connectivity index (χ2v) is 8.05. The van der Waals surface area contributed by atoms with E-state index in [0.717, 1.165) is 23.5 Å². The van der Waals surface area contributed by atoms with Crippen LogP contribution in [0.5, 0.6) is 0 Å². The molecular weight excluding hydrogens is 415 g/mol.